The first-order valence-electron chi connectivity index (χ1n) is 13.2. The predicted molar refractivity (Wildman–Crippen MR) is 151 cm³/mol. The maximum Gasteiger partial charge on any atom is 0.335 e. The minimum absolute atomic E-state index is 0.0564. The summed E-state index contributed by atoms with van der Waals surface area (Å²) in [5.41, 5.74) is 1.81. The molecule has 0 saturated carbocycles. The molecule has 0 spiro atoms. The fraction of sp³-hybridized carbons (Fsp3) is 0.379. The maximum absolute atomic E-state index is 14.9. The number of piperazine rings is 1. The highest BCUT2D eigenvalue weighted by atomic mass is 19.1. The third-order valence-corrected chi connectivity index (χ3v) is 7.50. The highest BCUT2D eigenvalue weighted by Crippen LogP contribution is 2.25. The molecular formula is C29H33FN6O4. The van der Waals surface area contributed by atoms with Crippen LogP contribution in [0, 0.1) is 5.82 Å². The Hall–Kier alpha value is -4.25. The van der Waals surface area contributed by atoms with Crippen LogP contribution in [0.1, 0.15) is 47.8 Å². The summed E-state index contributed by atoms with van der Waals surface area (Å²) in [6.45, 7) is 10.1. The van der Waals surface area contributed by atoms with Gasteiger partial charge in [-0.25, -0.2) is 14.0 Å². The second-order valence-electron chi connectivity index (χ2n) is 11.3. The molecule has 2 N–H and O–H groups in total. The number of nitrogens with zero attached hydrogens (tertiary/aromatic N) is 5. The third kappa shape index (κ3) is 5.29. The third-order valence-electron chi connectivity index (χ3n) is 7.50. The van der Waals surface area contributed by atoms with Gasteiger partial charge in [0.2, 0.25) is 5.95 Å². The number of nitrogens with one attached hydrogen (secondary N) is 1. The number of benzene rings is 2. The van der Waals surface area contributed by atoms with E-state index in [1.165, 1.54) is 34.9 Å². The highest BCUT2D eigenvalue weighted by Gasteiger charge is 2.26. The van der Waals surface area contributed by atoms with E-state index in [4.69, 9.17) is 0 Å². The monoisotopic (exact) mass is 548 g/mol. The van der Waals surface area contributed by atoms with E-state index in [9.17, 15) is 23.9 Å². The first-order valence-corrected chi connectivity index (χ1v) is 13.2. The van der Waals surface area contributed by atoms with Crippen molar-refractivity contribution in [3.63, 3.8) is 0 Å². The lowest BCUT2D eigenvalue weighted by molar-refractivity contribution is 0.0696. The van der Waals surface area contributed by atoms with Gasteiger partial charge in [-0.3, -0.25) is 23.8 Å². The molecule has 210 valence electrons. The van der Waals surface area contributed by atoms with E-state index in [1.807, 2.05) is 4.90 Å². The minimum Gasteiger partial charge on any atom is -0.478 e. The number of carboxylic acids is 1. The molecule has 1 saturated heterocycles. The Morgan fingerprint density at radius 1 is 1.02 bits per heavy atom. The molecule has 4 aromatic rings. The quantitative estimate of drug-likeness (QED) is 0.381. The van der Waals surface area contributed by atoms with Crippen molar-refractivity contribution in [1.82, 2.24) is 24.0 Å². The molecule has 11 heteroatoms. The Labute approximate surface area is 230 Å². The summed E-state index contributed by atoms with van der Waals surface area (Å²) in [6.07, 6.45) is 0. The minimum atomic E-state index is -1.23. The second kappa shape index (κ2) is 10.4. The smallest absolute Gasteiger partial charge is 0.335 e. The summed E-state index contributed by atoms with van der Waals surface area (Å²) in [6, 6.07) is 12.4. The van der Waals surface area contributed by atoms with E-state index in [2.05, 4.69) is 59.9 Å². The Balaban J connectivity index is 1.42. The first-order chi connectivity index (χ1) is 18.9. The Morgan fingerprint density at radius 2 is 1.70 bits per heavy atom. The van der Waals surface area contributed by atoms with Crippen LogP contribution < -0.4 is 16.1 Å². The number of aryl methyl sites for hydroxylation is 1. The molecule has 1 aliphatic rings. The van der Waals surface area contributed by atoms with Crippen LogP contribution in [0.4, 0.5) is 10.3 Å². The van der Waals surface area contributed by atoms with Crippen molar-refractivity contribution in [2.24, 2.45) is 7.05 Å². The van der Waals surface area contributed by atoms with E-state index >= 15 is 0 Å². The number of carboxylic acid groups (broad SMARTS) is 1. The maximum atomic E-state index is 14.9. The van der Waals surface area contributed by atoms with Gasteiger partial charge >= 0.3 is 11.7 Å². The fourth-order valence-corrected chi connectivity index (χ4v) is 5.07. The molecule has 0 amide bonds. The molecule has 0 unspecified atom stereocenters. The lowest BCUT2D eigenvalue weighted by atomic mass is 9.87. The molecule has 40 heavy (non-hydrogen) atoms. The van der Waals surface area contributed by atoms with Crippen LogP contribution in [0.25, 0.3) is 11.2 Å². The van der Waals surface area contributed by atoms with Crippen LogP contribution in [0.15, 0.2) is 52.1 Å². The zero-order valence-electron chi connectivity index (χ0n) is 23.1. The molecule has 2 aromatic heterocycles. The standard InChI is InChI=1S/C29H33FN6O4/c1-29(2,3)21-9-5-18(6-10-21)16-34-11-13-35(14-12-34)27-31-24-23(25(37)32-28(40)33(24)4)36(27)17-20-8-7-19(26(38)39)15-22(20)30/h5-10,15H,11-14,16-17H2,1-4H3,(H,38,39)(H,32,37,40). The molecule has 0 radical (unpaired) electrons. The number of aromatic nitrogens is 4. The Kier molecular flexibility index (Phi) is 7.09. The summed E-state index contributed by atoms with van der Waals surface area (Å²) in [7, 11) is 1.52. The van der Waals surface area contributed by atoms with Gasteiger partial charge in [-0.05, 0) is 28.7 Å². The van der Waals surface area contributed by atoms with E-state index in [1.54, 1.807) is 4.57 Å². The number of fused-ring (bicyclic) bond motifs is 1. The van der Waals surface area contributed by atoms with Crippen LogP contribution in [-0.2, 0) is 25.6 Å². The van der Waals surface area contributed by atoms with Gasteiger partial charge in [-0.15, -0.1) is 0 Å². The number of imidazole rings is 1. The molecule has 2 aromatic carbocycles. The van der Waals surface area contributed by atoms with Gasteiger partial charge in [0.25, 0.3) is 5.56 Å². The average Bonchev–Trinajstić information content (AvgIpc) is 3.28. The zero-order valence-corrected chi connectivity index (χ0v) is 23.1. The Morgan fingerprint density at radius 3 is 2.30 bits per heavy atom. The number of halogens is 1. The number of aromatic amines is 1. The van der Waals surface area contributed by atoms with E-state index in [-0.39, 0.29) is 34.3 Å². The largest absolute Gasteiger partial charge is 0.478 e. The SMILES string of the molecule is Cn1c(=O)[nH]c(=O)c2c1nc(N1CCN(Cc3ccc(C(C)(C)C)cc3)CC1)n2Cc1ccc(C(=O)O)cc1F. The van der Waals surface area contributed by atoms with Crippen LogP contribution in [0.2, 0.25) is 0 Å². The predicted octanol–water partition coefficient (Wildman–Crippen LogP) is 2.93. The number of rotatable bonds is 6. The fourth-order valence-electron chi connectivity index (χ4n) is 5.07. The van der Waals surface area contributed by atoms with E-state index in [0.29, 0.717) is 19.0 Å². The van der Waals surface area contributed by atoms with Crippen molar-refractivity contribution < 1.29 is 14.3 Å². The lowest BCUT2D eigenvalue weighted by Crippen LogP contribution is -2.47. The van der Waals surface area contributed by atoms with E-state index < -0.39 is 23.0 Å². The molecular weight excluding hydrogens is 515 g/mol. The summed E-state index contributed by atoms with van der Waals surface area (Å²) in [4.78, 5) is 47.8. The molecule has 1 aliphatic heterocycles. The van der Waals surface area contributed by atoms with Gasteiger partial charge in [0, 0.05) is 45.3 Å². The van der Waals surface area contributed by atoms with Crippen LogP contribution in [0.5, 0.6) is 0 Å². The van der Waals surface area contributed by atoms with Gasteiger partial charge in [-0.1, -0.05) is 51.1 Å². The first kappa shape index (κ1) is 27.3. The van der Waals surface area contributed by atoms with Crippen molar-refractivity contribution >= 4 is 23.1 Å². The molecule has 0 bridgehead atoms. The highest BCUT2D eigenvalue weighted by molar-refractivity contribution is 5.87. The second-order valence-corrected chi connectivity index (χ2v) is 11.3. The van der Waals surface area contributed by atoms with Crippen LogP contribution in [-0.4, -0.2) is 61.3 Å². The molecule has 3 heterocycles. The van der Waals surface area contributed by atoms with Gasteiger partial charge in [0.05, 0.1) is 12.1 Å². The van der Waals surface area contributed by atoms with Gasteiger partial charge in [0.1, 0.15) is 5.82 Å². The Bertz CT molecular complexity index is 1690. The average molecular weight is 549 g/mol. The van der Waals surface area contributed by atoms with Gasteiger partial charge < -0.3 is 10.0 Å². The van der Waals surface area contributed by atoms with Crippen molar-refractivity contribution in [3.8, 4) is 0 Å². The number of hydrogen-bond donors (Lipinski definition) is 2. The molecule has 5 rings (SSSR count). The van der Waals surface area contributed by atoms with Crippen molar-refractivity contribution in [2.45, 2.75) is 39.3 Å². The molecule has 0 aliphatic carbocycles. The molecule has 1 fully saturated rings. The number of H-pyrrole nitrogens is 1. The van der Waals surface area contributed by atoms with Crippen molar-refractivity contribution in [2.75, 3.05) is 31.1 Å². The summed E-state index contributed by atoms with van der Waals surface area (Å²) in [5.74, 6) is -1.47. The van der Waals surface area contributed by atoms with Crippen molar-refractivity contribution in [1.29, 1.82) is 0 Å². The van der Waals surface area contributed by atoms with Gasteiger partial charge in [0.15, 0.2) is 11.2 Å². The van der Waals surface area contributed by atoms with Crippen LogP contribution >= 0.6 is 0 Å². The summed E-state index contributed by atoms with van der Waals surface area (Å²) < 4.78 is 17.8. The summed E-state index contributed by atoms with van der Waals surface area (Å²) in [5, 5.41) is 9.19. The molecule has 0 atom stereocenters. The topological polar surface area (TPSA) is 116 Å². The lowest BCUT2D eigenvalue weighted by Gasteiger charge is -2.35. The van der Waals surface area contributed by atoms with Crippen molar-refractivity contribution in [3.05, 3.63) is 91.4 Å². The number of hydrogen-bond acceptors (Lipinski definition) is 6. The normalized spacial score (nSPS) is 14.7. The zero-order chi connectivity index (χ0) is 28.8. The van der Waals surface area contributed by atoms with Gasteiger partial charge in [-0.2, -0.15) is 4.98 Å². The number of aromatic carboxylic acids is 1. The molecule has 10 nitrogen and oxygen atoms in total. The summed E-state index contributed by atoms with van der Waals surface area (Å²) >= 11 is 0. The number of anilines is 1. The van der Waals surface area contributed by atoms with Crippen LogP contribution in [0.3, 0.4) is 0 Å². The van der Waals surface area contributed by atoms with E-state index in [0.717, 1.165) is 25.7 Å². The number of carbonyl (C=O) groups is 1.